The van der Waals surface area contributed by atoms with E-state index < -0.39 is 0 Å². The number of aromatic nitrogens is 1. The van der Waals surface area contributed by atoms with E-state index in [0.29, 0.717) is 5.92 Å². The van der Waals surface area contributed by atoms with Gasteiger partial charge in [-0.3, -0.25) is 4.98 Å². The summed E-state index contributed by atoms with van der Waals surface area (Å²) in [5.74, 6) is 0.436. The van der Waals surface area contributed by atoms with Crippen molar-refractivity contribution in [2.75, 3.05) is 5.73 Å². The van der Waals surface area contributed by atoms with Gasteiger partial charge in [0.15, 0.2) is 0 Å². The molecule has 1 heterocycles. The lowest BCUT2D eigenvalue weighted by atomic mass is 10.1. The first kappa shape index (κ1) is 8.53. The number of pyridine rings is 1. The zero-order chi connectivity index (χ0) is 8.43. The van der Waals surface area contributed by atoms with Crippen LogP contribution < -0.4 is 5.73 Å². The van der Waals surface area contributed by atoms with Crippen LogP contribution in [0.25, 0.3) is 0 Å². The molecule has 0 spiro atoms. The number of hydrogen-bond acceptors (Lipinski definition) is 2. The number of nitrogen functional groups attached to an aromatic ring is 1. The molecule has 11 heavy (non-hydrogen) atoms. The van der Waals surface area contributed by atoms with Gasteiger partial charge >= 0.3 is 0 Å². The number of hydrogen-bond donors (Lipinski definition) is 1. The van der Waals surface area contributed by atoms with Crippen molar-refractivity contribution >= 4 is 21.6 Å². The summed E-state index contributed by atoms with van der Waals surface area (Å²) in [5, 5.41) is 0. The maximum atomic E-state index is 5.67. The van der Waals surface area contributed by atoms with Crippen molar-refractivity contribution in [3.05, 3.63) is 22.4 Å². The van der Waals surface area contributed by atoms with Crippen molar-refractivity contribution < 1.29 is 0 Å². The van der Waals surface area contributed by atoms with Crippen molar-refractivity contribution in [1.82, 2.24) is 4.98 Å². The molecule has 0 radical (unpaired) electrons. The van der Waals surface area contributed by atoms with Crippen LogP contribution in [-0.4, -0.2) is 4.98 Å². The van der Waals surface area contributed by atoms with Crippen LogP contribution in [0, 0.1) is 0 Å². The quantitative estimate of drug-likeness (QED) is 0.781. The molecule has 1 aromatic rings. The highest BCUT2D eigenvalue weighted by molar-refractivity contribution is 9.10. The molecule has 0 bridgehead atoms. The molecule has 0 amide bonds. The average molecular weight is 215 g/mol. The molecular formula is C8H11BrN2. The minimum atomic E-state index is 0.436. The lowest BCUT2D eigenvalue weighted by molar-refractivity contribution is 0.823. The minimum absolute atomic E-state index is 0.436. The molecule has 1 rings (SSSR count). The predicted octanol–water partition coefficient (Wildman–Crippen LogP) is 2.55. The average Bonchev–Trinajstić information content (AvgIpc) is 1.94. The van der Waals surface area contributed by atoms with Gasteiger partial charge < -0.3 is 5.73 Å². The Bertz CT molecular complexity index is 258. The first-order chi connectivity index (χ1) is 5.11. The summed E-state index contributed by atoms with van der Waals surface area (Å²) in [6, 6.07) is 1.90. The Morgan fingerprint density at radius 3 is 2.64 bits per heavy atom. The van der Waals surface area contributed by atoms with Gasteiger partial charge in [0.25, 0.3) is 0 Å². The van der Waals surface area contributed by atoms with Crippen molar-refractivity contribution in [3.8, 4) is 0 Å². The van der Waals surface area contributed by atoms with Crippen molar-refractivity contribution in [2.45, 2.75) is 19.8 Å². The molecule has 2 N–H and O–H groups in total. The summed E-state index contributed by atoms with van der Waals surface area (Å²) in [6.07, 6.45) is 1.74. The highest BCUT2D eigenvalue weighted by Gasteiger charge is 2.02. The number of rotatable bonds is 1. The smallest absolute Gasteiger partial charge is 0.0588 e. The Labute approximate surface area is 75.0 Å². The van der Waals surface area contributed by atoms with Gasteiger partial charge in [-0.1, -0.05) is 13.8 Å². The van der Waals surface area contributed by atoms with Crippen LogP contribution in [0.3, 0.4) is 0 Å². The molecule has 0 aliphatic carbocycles. The van der Waals surface area contributed by atoms with Gasteiger partial charge in [-0.2, -0.15) is 0 Å². The zero-order valence-electron chi connectivity index (χ0n) is 6.63. The Hall–Kier alpha value is -0.570. The molecule has 2 nitrogen and oxygen atoms in total. The third kappa shape index (κ3) is 1.93. The van der Waals surface area contributed by atoms with E-state index in [1.165, 1.54) is 0 Å². The van der Waals surface area contributed by atoms with E-state index in [4.69, 9.17) is 5.73 Å². The zero-order valence-corrected chi connectivity index (χ0v) is 8.22. The van der Waals surface area contributed by atoms with Gasteiger partial charge in [-0.25, -0.2) is 0 Å². The fraction of sp³-hybridized carbons (Fsp3) is 0.375. The third-order valence-electron chi connectivity index (χ3n) is 1.50. The van der Waals surface area contributed by atoms with Crippen LogP contribution in [0.1, 0.15) is 25.5 Å². The summed E-state index contributed by atoms with van der Waals surface area (Å²) in [5.41, 5.74) is 7.46. The summed E-state index contributed by atoms with van der Waals surface area (Å²) in [7, 11) is 0. The lowest BCUT2D eigenvalue weighted by Gasteiger charge is -2.05. The second kappa shape index (κ2) is 3.22. The van der Waals surface area contributed by atoms with Crippen molar-refractivity contribution in [2.24, 2.45) is 0 Å². The van der Waals surface area contributed by atoms with Gasteiger partial charge in [0, 0.05) is 17.6 Å². The van der Waals surface area contributed by atoms with Crippen LogP contribution in [0.4, 0.5) is 5.69 Å². The van der Waals surface area contributed by atoms with Gasteiger partial charge in [0.1, 0.15) is 0 Å². The molecule has 0 aromatic carbocycles. The van der Waals surface area contributed by atoms with Crippen molar-refractivity contribution in [1.29, 1.82) is 0 Å². The third-order valence-corrected chi connectivity index (χ3v) is 2.16. The molecule has 0 fully saturated rings. The molecule has 60 valence electrons. The van der Waals surface area contributed by atoms with Crippen molar-refractivity contribution in [3.63, 3.8) is 0 Å². The van der Waals surface area contributed by atoms with Gasteiger partial charge in [-0.05, 0) is 27.9 Å². The Kier molecular flexibility index (Phi) is 2.49. The summed E-state index contributed by atoms with van der Waals surface area (Å²) in [4.78, 5) is 4.21. The maximum absolute atomic E-state index is 5.67. The first-order valence-corrected chi connectivity index (χ1v) is 4.31. The molecule has 0 saturated carbocycles. The Balaban J connectivity index is 3.05. The van der Waals surface area contributed by atoms with Crippen LogP contribution in [0.5, 0.6) is 0 Å². The van der Waals surface area contributed by atoms with E-state index in [1.54, 1.807) is 6.20 Å². The Morgan fingerprint density at radius 1 is 1.55 bits per heavy atom. The fourth-order valence-electron chi connectivity index (χ4n) is 0.787. The van der Waals surface area contributed by atoms with E-state index in [2.05, 4.69) is 34.8 Å². The van der Waals surface area contributed by atoms with E-state index >= 15 is 0 Å². The molecule has 1 aromatic heterocycles. The highest BCUT2D eigenvalue weighted by Crippen LogP contribution is 2.21. The molecule has 0 saturated heterocycles. The second-order valence-electron chi connectivity index (χ2n) is 2.79. The topological polar surface area (TPSA) is 38.9 Å². The van der Waals surface area contributed by atoms with E-state index in [0.717, 1.165) is 15.9 Å². The highest BCUT2D eigenvalue weighted by atomic mass is 79.9. The predicted molar refractivity (Wildman–Crippen MR) is 50.4 cm³/mol. The van der Waals surface area contributed by atoms with Crippen LogP contribution in [0.2, 0.25) is 0 Å². The van der Waals surface area contributed by atoms with Gasteiger partial charge in [0.2, 0.25) is 0 Å². The van der Waals surface area contributed by atoms with Crippen LogP contribution in [0.15, 0.2) is 16.7 Å². The largest absolute Gasteiger partial charge is 0.398 e. The Morgan fingerprint density at radius 2 is 2.18 bits per heavy atom. The molecule has 3 heteroatoms. The number of anilines is 1. The van der Waals surface area contributed by atoms with Gasteiger partial charge in [-0.15, -0.1) is 0 Å². The normalized spacial score (nSPS) is 10.5. The minimum Gasteiger partial charge on any atom is -0.398 e. The second-order valence-corrected chi connectivity index (χ2v) is 3.64. The summed E-state index contributed by atoms with van der Waals surface area (Å²) in [6.45, 7) is 4.19. The SMILES string of the molecule is CC(C)c1cc(N)c(Br)cn1. The molecule has 0 unspecified atom stereocenters. The number of halogens is 1. The van der Waals surface area contributed by atoms with E-state index in [1.807, 2.05) is 6.07 Å². The van der Waals surface area contributed by atoms with Crippen LogP contribution >= 0.6 is 15.9 Å². The molecule has 0 atom stereocenters. The standard InChI is InChI=1S/C8H11BrN2/c1-5(2)8-3-7(10)6(9)4-11-8/h3-5H,1-2H3,(H2,10,11). The van der Waals surface area contributed by atoms with Gasteiger partial charge in [0.05, 0.1) is 4.47 Å². The lowest BCUT2D eigenvalue weighted by Crippen LogP contribution is -1.95. The summed E-state index contributed by atoms with van der Waals surface area (Å²) < 4.78 is 0.863. The van der Waals surface area contributed by atoms with Crippen LogP contribution in [-0.2, 0) is 0 Å². The molecule has 0 aliphatic heterocycles. The van der Waals surface area contributed by atoms with E-state index in [-0.39, 0.29) is 0 Å². The monoisotopic (exact) mass is 214 g/mol. The molecular weight excluding hydrogens is 204 g/mol. The molecule has 0 aliphatic rings. The maximum Gasteiger partial charge on any atom is 0.0588 e. The first-order valence-electron chi connectivity index (χ1n) is 3.52. The number of nitrogens with two attached hydrogens (primary N) is 1. The summed E-state index contributed by atoms with van der Waals surface area (Å²) >= 11 is 3.29. The van der Waals surface area contributed by atoms with E-state index in [9.17, 15) is 0 Å². The fourth-order valence-corrected chi connectivity index (χ4v) is 1.00. The number of nitrogens with zero attached hydrogens (tertiary/aromatic N) is 1.